The molecule has 150 valence electrons. The van der Waals surface area contributed by atoms with Crippen molar-refractivity contribution in [2.24, 2.45) is 5.92 Å². The van der Waals surface area contributed by atoms with Crippen LogP contribution < -0.4 is 4.57 Å². The molecule has 0 amide bonds. The number of hydrogen-bond acceptors (Lipinski definition) is 1. The topological polar surface area (TPSA) is 21.7 Å². The lowest BCUT2D eigenvalue weighted by Crippen LogP contribution is -2.39. The van der Waals surface area contributed by atoms with Gasteiger partial charge >= 0.3 is 7.25 Å². The summed E-state index contributed by atoms with van der Waals surface area (Å²) in [6.45, 7) is 3.98. The van der Waals surface area contributed by atoms with Gasteiger partial charge in [0.2, 0.25) is 41.1 Å². The Morgan fingerprint density at radius 3 is 1.85 bits per heavy atom. The molecule has 1 aromatic carbocycles. The fraction of sp³-hybridized carbons (Fsp3) is 0.429. The molecule has 3 rings (SSSR count). The Kier molecular flexibility index (Phi) is 5.81. The minimum Gasteiger partial charge on any atom is -0.418 e. The van der Waals surface area contributed by atoms with E-state index in [1.54, 1.807) is 4.57 Å². The molecule has 1 aromatic heterocycles. The summed E-state index contributed by atoms with van der Waals surface area (Å²) in [6, 6.07) is 0.0880. The summed E-state index contributed by atoms with van der Waals surface area (Å²) in [5, 5.41) is 3.97. The van der Waals surface area contributed by atoms with E-state index >= 15 is 0 Å². The van der Waals surface area contributed by atoms with Crippen molar-refractivity contribution in [3.05, 3.63) is 41.2 Å². The van der Waals surface area contributed by atoms with Crippen molar-refractivity contribution in [2.45, 2.75) is 32.7 Å². The quantitative estimate of drug-likeness (QED) is 0.240. The lowest BCUT2D eigenvalue weighted by molar-refractivity contribution is -0.723. The largest absolute Gasteiger partial charge is 0.673 e. The van der Waals surface area contributed by atoms with Crippen LogP contribution in [0.2, 0.25) is 0 Å². The molecule has 0 N–H and O–H groups in total. The minimum absolute atomic E-state index is 0.0880. The van der Waals surface area contributed by atoms with Crippen LogP contribution in [0.5, 0.6) is 0 Å². The highest BCUT2D eigenvalue weighted by atomic mass is 19.5. The van der Waals surface area contributed by atoms with Crippen LogP contribution in [0.25, 0.3) is 5.69 Å². The van der Waals surface area contributed by atoms with E-state index in [-0.39, 0.29) is 12.0 Å². The van der Waals surface area contributed by atoms with Crippen molar-refractivity contribution in [3.63, 3.8) is 0 Å². The zero-order valence-electron chi connectivity index (χ0n) is 14.0. The maximum Gasteiger partial charge on any atom is 0.673 e. The van der Waals surface area contributed by atoms with Gasteiger partial charge in [-0.3, -0.25) is 0 Å². The molecule has 1 unspecified atom stereocenters. The van der Waals surface area contributed by atoms with Crippen molar-refractivity contribution < 1.29 is 43.8 Å². The molecule has 0 spiro atoms. The number of halogens is 9. The first-order chi connectivity index (χ1) is 12.3. The van der Waals surface area contributed by atoms with Crippen LogP contribution in [0.4, 0.5) is 39.2 Å². The number of rotatable bonds is 2. The van der Waals surface area contributed by atoms with E-state index in [4.69, 9.17) is 0 Å². The van der Waals surface area contributed by atoms with E-state index in [0.717, 1.165) is 11.1 Å². The van der Waals surface area contributed by atoms with E-state index in [1.807, 2.05) is 13.8 Å². The van der Waals surface area contributed by atoms with E-state index in [0.29, 0.717) is 12.2 Å². The van der Waals surface area contributed by atoms with E-state index in [1.165, 1.54) is 6.33 Å². The molecule has 2 heterocycles. The summed E-state index contributed by atoms with van der Waals surface area (Å²) in [5.41, 5.74) is -1.05. The minimum atomic E-state index is -6.00. The number of fused-ring (bicyclic) bond motifs is 1. The molecule has 1 atom stereocenters. The molecule has 1 aliphatic heterocycles. The summed E-state index contributed by atoms with van der Waals surface area (Å²) >= 11 is 0. The third-order valence-corrected chi connectivity index (χ3v) is 3.96. The number of aromatic nitrogens is 3. The number of hydrogen-bond donors (Lipinski definition) is 0. The summed E-state index contributed by atoms with van der Waals surface area (Å²) in [4.78, 5) is 0. The van der Waals surface area contributed by atoms with Gasteiger partial charge in [-0.2, -0.15) is 8.78 Å². The second-order valence-corrected chi connectivity index (χ2v) is 6.15. The van der Waals surface area contributed by atoms with E-state index < -0.39 is 42.0 Å². The first kappa shape index (κ1) is 21.1. The highest BCUT2D eigenvalue weighted by Crippen LogP contribution is 2.28. The van der Waals surface area contributed by atoms with Crippen LogP contribution in [0, 0.1) is 35.0 Å². The second kappa shape index (κ2) is 7.43. The third-order valence-electron chi connectivity index (χ3n) is 3.96. The summed E-state index contributed by atoms with van der Waals surface area (Å²) < 4.78 is 109. The van der Waals surface area contributed by atoms with Crippen LogP contribution in [0.1, 0.15) is 32.1 Å². The van der Waals surface area contributed by atoms with Gasteiger partial charge in [-0.15, -0.1) is 0 Å². The van der Waals surface area contributed by atoms with Gasteiger partial charge in [0, 0.05) is 11.5 Å². The van der Waals surface area contributed by atoms with Gasteiger partial charge in [-0.25, -0.2) is 17.7 Å². The number of aryl methyl sites for hydroxylation is 1. The van der Waals surface area contributed by atoms with Crippen LogP contribution in [-0.4, -0.2) is 17.0 Å². The van der Waals surface area contributed by atoms with Gasteiger partial charge in [0.25, 0.3) is 5.82 Å². The van der Waals surface area contributed by atoms with Crippen molar-refractivity contribution in [1.82, 2.24) is 9.78 Å². The molecule has 1 aliphatic rings. The maximum atomic E-state index is 13.8. The maximum absolute atomic E-state index is 13.8. The molecule has 2 aromatic rings. The van der Waals surface area contributed by atoms with E-state index in [9.17, 15) is 39.2 Å². The van der Waals surface area contributed by atoms with Crippen molar-refractivity contribution in [2.75, 3.05) is 0 Å². The summed E-state index contributed by atoms with van der Waals surface area (Å²) in [7, 11) is -6.00. The molecule has 0 radical (unpaired) electrons. The van der Waals surface area contributed by atoms with Crippen LogP contribution in [0.3, 0.4) is 0 Å². The Hall–Kier alpha value is -2.21. The zero-order chi connectivity index (χ0) is 20.7. The monoisotopic (exact) mass is 405 g/mol. The Bertz CT molecular complexity index is 812. The highest BCUT2D eigenvalue weighted by Gasteiger charge is 2.37. The number of benzene rings is 1. The molecule has 13 heteroatoms. The van der Waals surface area contributed by atoms with Crippen LogP contribution in [0.15, 0.2) is 6.33 Å². The standard InChI is InChI=1S/C14H13F5N3.BF4/c1-6(2)7-3-4-8-20-22(5-21(7)8)14-12(18)10(16)9(15)11(17)13(14)19;2-1(3,4)5/h5-7H,3-4H2,1-2H3;/q+1;-1. The lowest BCUT2D eigenvalue weighted by Gasteiger charge is -2.12. The van der Waals surface area contributed by atoms with Gasteiger partial charge in [0.15, 0.2) is 0 Å². The molecule has 0 bridgehead atoms. The predicted octanol–water partition coefficient (Wildman–Crippen LogP) is 4.30. The predicted molar refractivity (Wildman–Crippen MR) is 75.9 cm³/mol. The Morgan fingerprint density at radius 1 is 0.963 bits per heavy atom. The van der Waals surface area contributed by atoms with Crippen molar-refractivity contribution >= 4 is 7.25 Å². The van der Waals surface area contributed by atoms with Crippen molar-refractivity contribution in [1.29, 1.82) is 0 Å². The van der Waals surface area contributed by atoms with Gasteiger partial charge in [-0.05, 0) is 12.3 Å². The average molecular weight is 405 g/mol. The molecule has 0 saturated heterocycles. The SMILES string of the molecule is CC(C)C1CCc2nn(-c3c(F)c(F)c(F)c(F)c3F)c[n+]21.F[B-](F)(F)F. The Labute approximate surface area is 147 Å². The smallest absolute Gasteiger partial charge is 0.418 e. The van der Waals surface area contributed by atoms with Crippen molar-refractivity contribution in [3.8, 4) is 5.69 Å². The van der Waals surface area contributed by atoms with Crippen LogP contribution >= 0.6 is 0 Å². The molecular formula is C14H13BF9N3. The summed E-state index contributed by atoms with van der Waals surface area (Å²) in [5.74, 6) is -9.09. The van der Waals surface area contributed by atoms with Gasteiger partial charge in [0.1, 0.15) is 0 Å². The van der Waals surface area contributed by atoms with Gasteiger partial charge in [-0.1, -0.05) is 18.5 Å². The summed E-state index contributed by atoms with van der Waals surface area (Å²) in [6.07, 6.45) is 2.70. The lowest BCUT2D eigenvalue weighted by atomic mass is 10.0. The van der Waals surface area contributed by atoms with Gasteiger partial charge < -0.3 is 17.3 Å². The molecule has 27 heavy (non-hydrogen) atoms. The normalized spacial score (nSPS) is 16.4. The first-order valence-electron chi connectivity index (χ1n) is 7.71. The first-order valence-corrected chi connectivity index (χ1v) is 7.71. The number of nitrogens with zero attached hydrogens (tertiary/aromatic N) is 3. The molecule has 3 nitrogen and oxygen atoms in total. The second-order valence-electron chi connectivity index (χ2n) is 6.15. The molecule has 0 fully saturated rings. The van der Waals surface area contributed by atoms with E-state index in [2.05, 4.69) is 5.10 Å². The van der Waals surface area contributed by atoms with Gasteiger partial charge in [0.05, 0.1) is 6.04 Å². The fourth-order valence-electron chi connectivity index (χ4n) is 2.82. The Morgan fingerprint density at radius 2 is 1.41 bits per heavy atom. The molecular weight excluding hydrogens is 392 g/mol. The average Bonchev–Trinajstić information content (AvgIpc) is 3.09. The fourth-order valence-corrected chi connectivity index (χ4v) is 2.82. The Balaban J connectivity index is 0.000000465. The van der Waals surface area contributed by atoms with Crippen LogP contribution in [-0.2, 0) is 6.42 Å². The molecule has 0 aliphatic carbocycles. The third kappa shape index (κ3) is 4.38. The zero-order valence-corrected chi connectivity index (χ0v) is 14.0. The molecule has 0 saturated carbocycles. The highest BCUT2D eigenvalue weighted by molar-refractivity contribution is 6.50.